The fourth-order valence-corrected chi connectivity index (χ4v) is 2.71. The second-order valence-electron chi connectivity index (χ2n) is 5.47. The van der Waals surface area contributed by atoms with E-state index in [4.69, 9.17) is 0 Å². The summed E-state index contributed by atoms with van der Waals surface area (Å²) in [7, 11) is 0. The number of hydrogen-bond donors (Lipinski definition) is 1. The van der Waals surface area contributed by atoms with E-state index in [2.05, 4.69) is 41.8 Å². The van der Waals surface area contributed by atoms with Crippen molar-refractivity contribution in [3.63, 3.8) is 0 Å². The first kappa shape index (κ1) is 15.3. The lowest BCUT2D eigenvalue weighted by molar-refractivity contribution is -0.125. The van der Waals surface area contributed by atoms with E-state index in [1.807, 2.05) is 24.3 Å². The van der Waals surface area contributed by atoms with Gasteiger partial charge in [-0.15, -0.1) is 0 Å². The van der Waals surface area contributed by atoms with Crippen molar-refractivity contribution in [3.8, 4) is 0 Å². The van der Waals surface area contributed by atoms with E-state index >= 15 is 0 Å². The maximum absolute atomic E-state index is 12.6. The summed E-state index contributed by atoms with van der Waals surface area (Å²) in [6.45, 7) is 4.55. The fourth-order valence-electron chi connectivity index (χ4n) is 2.35. The maximum Gasteiger partial charge on any atom is 0.249 e. The van der Waals surface area contributed by atoms with Crippen LogP contribution in [0.25, 0.3) is 0 Å². The Hall–Kier alpha value is -1.11. The number of nitrogens with zero attached hydrogens (tertiary/aromatic N) is 1. The van der Waals surface area contributed by atoms with E-state index in [1.165, 1.54) is 0 Å². The zero-order valence-electron chi connectivity index (χ0n) is 11.7. The summed E-state index contributed by atoms with van der Waals surface area (Å²) < 4.78 is 1.13. The van der Waals surface area contributed by atoms with Crippen molar-refractivity contribution in [2.45, 2.75) is 32.7 Å². The zero-order chi connectivity index (χ0) is 14.7. The normalized spacial score (nSPS) is 20.0. The smallest absolute Gasteiger partial charge is 0.249 e. The molecule has 4 nitrogen and oxygen atoms in total. The first-order valence-corrected chi connectivity index (χ1v) is 7.91. The molecule has 1 N–H and O–H groups in total. The molecule has 0 spiro atoms. The van der Waals surface area contributed by atoms with Gasteiger partial charge in [-0.2, -0.15) is 0 Å². The Morgan fingerprint density at radius 1 is 1.30 bits per heavy atom. The fraction of sp³-hybridized carbons (Fsp3) is 0.467. The molecule has 0 bridgehead atoms. The Labute approximate surface area is 133 Å². The van der Waals surface area contributed by atoms with Crippen LogP contribution >= 0.6 is 22.6 Å². The van der Waals surface area contributed by atoms with Crippen molar-refractivity contribution in [1.82, 2.24) is 5.32 Å². The number of halogens is 1. The molecule has 0 radical (unpaired) electrons. The molecule has 0 aliphatic carbocycles. The first-order chi connectivity index (χ1) is 9.47. The van der Waals surface area contributed by atoms with Crippen molar-refractivity contribution in [2.75, 3.05) is 11.4 Å². The molecule has 1 aromatic rings. The summed E-state index contributed by atoms with van der Waals surface area (Å²) in [6.07, 6.45) is 1.03. The highest BCUT2D eigenvalue weighted by molar-refractivity contribution is 14.1. The van der Waals surface area contributed by atoms with Crippen LogP contribution in [0.2, 0.25) is 0 Å². The van der Waals surface area contributed by atoms with Crippen LogP contribution in [0.15, 0.2) is 24.3 Å². The maximum atomic E-state index is 12.6. The number of rotatable bonds is 3. The summed E-state index contributed by atoms with van der Waals surface area (Å²) in [5, 5.41) is 2.84. The minimum Gasteiger partial charge on any atom is -0.344 e. The van der Waals surface area contributed by atoms with E-state index in [0.29, 0.717) is 25.3 Å². The van der Waals surface area contributed by atoms with Crippen molar-refractivity contribution < 1.29 is 9.59 Å². The summed E-state index contributed by atoms with van der Waals surface area (Å²) in [4.78, 5) is 26.1. The monoisotopic (exact) mass is 386 g/mol. The van der Waals surface area contributed by atoms with Gasteiger partial charge < -0.3 is 10.2 Å². The van der Waals surface area contributed by atoms with Crippen LogP contribution in [0, 0.1) is 9.49 Å². The predicted octanol–water partition coefficient (Wildman–Crippen LogP) is 2.56. The van der Waals surface area contributed by atoms with Gasteiger partial charge in [-0.3, -0.25) is 9.59 Å². The Morgan fingerprint density at radius 3 is 2.55 bits per heavy atom. The van der Waals surface area contributed by atoms with Gasteiger partial charge >= 0.3 is 0 Å². The molecule has 1 aliphatic heterocycles. The Balaban J connectivity index is 2.25. The molecule has 1 heterocycles. The lowest BCUT2D eigenvalue weighted by Gasteiger charge is -2.25. The van der Waals surface area contributed by atoms with Crippen molar-refractivity contribution in [1.29, 1.82) is 0 Å². The number of anilines is 1. The van der Waals surface area contributed by atoms with Gasteiger partial charge in [0, 0.05) is 22.2 Å². The van der Waals surface area contributed by atoms with Crippen LogP contribution in [-0.4, -0.2) is 24.4 Å². The van der Waals surface area contributed by atoms with Crippen molar-refractivity contribution >= 4 is 40.1 Å². The van der Waals surface area contributed by atoms with Crippen LogP contribution in [0.1, 0.15) is 26.7 Å². The van der Waals surface area contributed by atoms with Gasteiger partial charge in [-0.1, -0.05) is 13.8 Å². The molecule has 0 aromatic heterocycles. The van der Waals surface area contributed by atoms with Crippen LogP contribution in [-0.2, 0) is 9.59 Å². The highest BCUT2D eigenvalue weighted by Crippen LogP contribution is 2.21. The zero-order valence-corrected chi connectivity index (χ0v) is 13.9. The van der Waals surface area contributed by atoms with Crippen LogP contribution in [0.4, 0.5) is 5.69 Å². The van der Waals surface area contributed by atoms with Crippen LogP contribution < -0.4 is 10.2 Å². The van der Waals surface area contributed by atoms with E-state index < -0.39 is 6.04 Å². The highest BCUT2D eigenvalue weighted by atomic mass is 127. The summed E-state index contributed by atoms with van der Waals surface area (Å²) >= 11 is 2.23. The molecular formula is C15H19IN2O2. The van der Waals surface area contributed by atoms with Crippen LogP contribution in [0.3, 0.4) is 0 Å². The van der Waals surface area contributed by atoms with Gasteiger partial charge in [0.05, 0.1) is 0 Å². The number of carbonyl (C=O) groups is 2. The van der Waals surface area contributed by atoms with E-state index in [0.717, 1.165) is 9.26 Å². The minimum absolute atomic E-state index is 0.00856. The summed E-state index contributed by atoms with van der Waals surface area (Å²) in [5.74, 6) is 0.309. The molecular weight excluding hydrogens is 367 g/mol. The van der Waals surface area contributed by atoms with Gasteiger partial charge in [-0.05, 0) is 59.2 Å². The van der Waals surface area contributed by atoms with E-state index in [1.54, 1.807) is 4.90 Å². The largest absolute Gasteiger partial charge is 0.344 e. The number of hydrogen-bond acceptors (Lipinski definition) is 2. The molecule has 1 aliphatic rings. The minimum atomic E-state index is -0.413. The van der Waals surface area contributed by atoms with Gasteiger partial charge in [-0.25, -0.2) is 0 Å². The van der Waals surface area contributed by atoms with Crippen molar-refractivity contribution in [3.05, 3.63) is 27.8 Å². The molecule has 20 heavy (non-hydrogen) atoms. The SMILES string of the molecule is CC(C)CC1NC(=O)CCN(c2ccc(I)cc2)C1=O. The number of amides is 2. The van der Waals surface area contributed by atoms with Crippen molar-refractivity contribution in [2.24, 2.45) is 5.92 Å². The Morgan fingerprint density at radius 2 is 1.95 bits per heavy atom. The molecule has 1 saturated heterocycles. The average molecular weight is 386 g/mol. The van der Waals surface area contributed by atoms with Gasteiger partial charge in [0.2, 0.25) is 11.8 Å². The quantitative estimate of drug-likeness (QED) is 0.812. The highest BCUT2D eigenvalue weighted by Gasteiger charge is 2.30. The third-order valence-corrected chi connectivity index (χ3v) is 4.03. The lowest BCUT2D eigenvalue weighted by atomic mass is 10.0. The third kappa shape index (κ3) is 3.71. The summed E-state index contributed by atoms with van der Waals surface area (Å²) in [5.41, 5.74) is 0.862. The topological polar surface area (TPSA) is 49.4 Å². The first-order valence-electron chi connectivity index (χ1n) is 6.83. The standard InChI is InChI=1S/C15H19IN2O2/c1-10(2)9-13-15(20)18(8-7-14(19)17-13)12-5-3-11(16)4-6-12/h3-6,10,13H,7-9H2,1-2H3,(H,17,19). The van der Waals surface area contributed by atoms with Gasteiger partial charge in [0.25, 0.3) is 0 Å². The molecule has 1 fully saturated rings. The summed E-state index contributed by atoms with van der Waals surface area (Å²) in [6, 6.07) is 7.40. The molecule has 108 valence electrons. The third-order valence-electron chi connectivity index (χ3n) is 3.31. The molecule has 5 heteroatoms. The van der Waals surface area contributed by atoms with E-state index in [-0.39, 0.29) is 11.8 Å². The second kappa shape index (κ2) is 6.56. The molecule has 1 unspecified atom stereocenters. The molecule has 0 saturated carbocycles. The molecule has 1 atom stereocenters. The molecule has 2 amide bonds. The average Bonchev–Trinajstić information content (AvgIpc) is 2.51. The molecule has 1 aromatic carbocycles. The van der Waals surface area contributed by atoms with E-state index in [9.17, 15) is 9.59 Å². The van der Waals surface area contributed by atoms with Gasteiger partial charge in [0.1, 0.15) is 6.04 Å². The second-order valence-corrected chi connectivity index (χ2v) is 6.71. The Kier molecular flexibility index (Phi) is 5.01. The lowest BCUT2D eigenvalue weighted by Crippen LogP contribution is -2.45. The number of benzene rings is 1. The molecule has 2 rings (SSSR count). The van der Waals surface area contributed by atoms with Gasteiger partial charge in [0.15, 0.2) is 0 Å². The predicted molar refractivity (Wildman–Crippen MR) is 87.5 cm³/mol. The Bertz CT molecular complexity index is 499. The number of nitrogens with one attached hydrogen (secondary N) is 1. The van der Waals surface area contributed by atoms with Crippen LogP contribution in [0.5, 0.6) is 0 Å². The number of carbonyl (C=O) groups excluding carboxylic acids is 2.